The molecule has 1 fully saturated rings. The van der Waals surface area contributed by atoms with Gasteiger partial charge in [-0.1, -0.05) is 12.1 Å². The number of benzene rings is 1. The Morgan fingerprint density at radius 1 is 1.43 bits per heavy atom. The maximum Gasteiger partial charge on any atom is 0.246 e. The zero-order valence-electron chi connectivity index (χ0n) is 12.6. The molecule has 114 valence electrons. The fourth-order valence-corrected chi connectivity index (χ4v) is 2.72. The molecule has 1 heterocycles. The summed E-state index contributed by atoms with van der Waals surface area (Å²) in [5.74, 6) is 1.47. The number of piperidine rings is 1. The molecule has 0 radical (unpaired) electrons. The lowest BCUT2D eigenvalue weighted by Crippen LogP contribution is -2.39. The number of carbonyl (C=O) groups is 1. The van der Waals surface area contributed by atoms with E-state index in [1.165, 1.54) is 6.42 Å². The number of nitrogens with zero attached hydrogens (tertiary/aromatic N) is 1. The van der Waals surface area contributed by atoms with Gasteiger partial charge in [0.1, 0.15) is 5.75 Å². The molecule has 0 aromatic heterocycles. The molecule has 2 rings (SSSR count). The summed E-state index contributed by atoms with van der Waals surface area (Å²) in [5.41, 5.74) is 6.61. The molecule has 1 atom stereocenters. The Balaban J connectivity index is 1.91. The molecule has 0 saturated carbocycles. The number of hydrogen-bond acceptors (Lipinski definition) is 3. The van der Waals surface area contributed by atoms with Gasteiger partial charge in [0.25, 0.3) is 0 Å². The van der Waals surface area contributed by atoms with Crippen molar-refractivity contribution in [3.8, 4) is 5.75 Å². The first-order valence-electron chi connectivity index (χ1n) is 7.54. The van der Waals surface area contributed by atoms with Crippen molar-refractivity contribution in [2.24, 2.45) is 11.7 Å². The van der Waals surface area contributed by atoms with Crippen LogP contribution in [-0.2, 0) is 4.79 Å². The number of hydrogen-bond donors (Lipinski definition) is 1. The van der Waals surface area contributed by atoms with Crippen LogP contribution < -0.4 is 10.5 Å². The van der Waals surface area contributed by atoms with Crippen molar-refractivity contribution in [2.75, 3.05) is 26.7 Å². The second-order valence-electron chi connectivity index (χ2n) is 5.48. The van der Waals surface area contributed by atoms with Crippen LogP contribution in [0.5, 0.6) is 5.75 Å². The van der Waals surface area contributed by atoms with E-state index in [0.717, 1.165) is 37.2 Å². The number of amides is 1. The summed E-state index contributed by atoms with van der Waals surface area (Å²) in [6.45, 7) is 2.39. The molecular formula is C17H24N2O2. The summed E-state index contributed by atoms with van der Waals surface area (Å²) in [7, 11) is 1.64. The van der Waals surface area contributed by atoms with Crippen molar-refractivity contribution < 1.29 is 9.53 Å². The second kappa shape index (κ2) is 7.84. The van der Waals surface area contributed by atoms with E-state index in [2.05, 4.69) is 0 Å². The lowest BCUT2D eigenvalue weighted by molar-refractivity contribution is -0.127. The molecule has 0 aliphatic carbocycles. The number of ether oxygens (including phenoxy) is 1. The maximum absolute atomic E-state index is 12.2. The quantitative estimate of drug-likeness (QED) is 0.846. The third-order valence-electron chi connectivity index (χ3n) is 3.94. The number of methoxy groups -OCH3 is 1. The maximum atomic E-state index is 12.2. The van der Waals surface area contributed by atoms with E-state index in [1.54, 1.807) is 13.2 Å². The fraction of sp³-hybridized carbons (Fsp3) is 0.471. The molecule has 0 spiro atoms. The van der Waals surface area contributed by atoms with E-state index in [9.17, 15) is 4.79 Å². The van der Waals surface area contributed by atoms with E-state index < -0.39 is 0 Å². The summed E-state index contributed by atoms with van der Waals surface area (Å²) < 4.78 is 5.12. The number of carbonyl (C=O) groups excluding carboxylic acids is 1. The van der Waals surface area contributed by atoms with Gasteiger partial charge >= 0.3 is 0 Å². The molecule has 1 unspecified atom stereocenters. The summed E-state index contributed by atoms with van der Waals surface area (Å²) in [4.78, 5) is 14.2. The van der Waals surface area contributed by atoms with E-state index >= 15 is 0 Å². The summed E-state index contributed by atoms with van der Waals surface area (Å²) >= 11 is 0. The zero-order valence-corrected chi connectivity index (χ0v) is 12.6. The van der Waals surface area contributed by atoms with Gasteiger partial charge in [0.2, 0.25) is 5.91 Å². The lowest BCUT2D eigenvalue weighted by atomic mass is 9.95. The largest absolute Gasteiger partial charge is 0.497 e. The molecule has 1 saturated heterocycles. The molecule has 4 heteroatoms. The van der Waals surface area contributed by atoms with Gasteiger partial charge < -0.3 is 15.4 Å². The topological polar surface area (TPSA) is 55.6 Å². The van der Waals surface area contributed by atoms with Gasteiger partial charge in [-0.15, -0.1) is 0 Å². The van der Waals surface area contributed by atoms with Crippen LogP contribution in [0.3, 0.4) is 0 Å². The third kappa shape index (κ3) is 4.60. The minimum atomic E-state index is 0.0903. The summed E-state index contributed by atoms with van der Waals surface area (Å²) in [6, 6.07) is 7.66. The van der Waals surface area contributed by atoms with E-state index in [-0.39, 0.29) is 5.91 Å². The number of likely N-dealkylation sites (tertiary alicyclic amines) is 1. The lowest BCUT2D eigenvalue weighted by Gasteiger charge is -2.32. The first-order chi connectivity index (χ1) is 10.2. The van der Waals surface area contributed by atoms with Gasteiger partial charge in [0, 0.05) is 19.2 Å². The first-order valence-corrected chi connectivity index (χ1v) is 7.54. The van der Waals surface area contributed by atoms with Crippen LogP contribution in [0, 0.1) is 5.92 Å². The molecule has 1 aliphatic rings. The number of nitrogens with two attached hydrogens (primary N) is 1. The summed E-state index contributed by atoms with van der Waals surface area (Å²) in [6.07, 6.45) is 6.78. The van der Waals surface area contributed by atoms with Crippen molar-refractivity contribution >= 4 is 12.0 Å². The molecule has 1 aliphatic heterocycles. The van der Waals surface area contributed by atoms with Crippen molar-refractivity contribution in [3.63, 3.8) is 0 Å². The highest BCUT2D eigenvalue weighted by atomic mass is 16.5. The smallest absolute Gasteiger partial charge is 0.246 e. The Labute approximate surface area is 126 Å². The van der Waals surface area contributed by atoms with Crippen LogP contribution >= 0.6 is 0 Å². The van der Waals surface area contributed by atoms with E-state index in [1.807, 2.05) is 35.2 Å². The first kappa shape index (κ1) is 15.6. The van der Waals surface area contributed by atoms with Gasteiger partial charge in [0.05, 0.1) is 7.11 Å². The average molecular weight is 288 g/mol. The molecule has 4 nitrogen and oxygen atoms in total. The van der Waals surface area contributed by atoms with Gasteiger partial charge in [-0.2, -0.15) is 0 Å². The molecular weight excluding hydrogens is 264 g/mol. The minimum absolute atomic E-state index is 0.0903. The molecule has 1 amide bonds. The van der Waals surface area contributed by atoms with E-state index in [0.29, 0.717) is 12.5 Å². The van der Waals surface area contributed by atoms with Crippen molar-refractivity contribution in [1.29, 1.82) is 0 Å². The highest BCUT2D eigenvalue weighted by molar-refractivity contribution is 5.91. The molecule has 1 aromatic rings. The molecule has 0 bridgehead atoms. The van der Waals surface area contributed by atoms with Gasteiger partial charge in [-0.3, -0.25) is 4.79 Å². The SMILES string of the molecule is COc1ccc(C=CC(=O)N2CCCC(CCN)C2)cc1. The minimum Gasteiger partial charge on any atom is -0.497 e. The van der Waals surface area contributed by atoms with Crippen molar-refractivity contribution in [2.45, 2.75) is 19.3 Å². The van der Waals surface area contributed by atoms with E-state index in [4.69, 9.17) is 10.5 Å². The normalized spacial score (nSPS) is 19.0. The Hall–Kier alpha value is -1.81. The molecule has 1 aromatic carbocycles. The van der Waals surface area contributed by atoms with Crippen molar-refractivity contribution in [1.82, 2.24) is 4.90 Å². The predicted octanol–water partition coefficient (Wildman–Crippen LogP) is 2.30. The van der Waals surface area contributed by atoms with Gasteiger partial charge in [0.15, 0.2) is 0 Å². The third-order valence-corrected chi connectivity index (χ3v) is 3.94. The fourth-order valence-electron chi connectivity index (χ4n) is 2.72. The Morgan fingerprint density at radius 2 is 2.19 bits per heavy atom. The monoisotopic (exact) mass is 288 g/mol. The number of rotatable bonds is 5. The Bertz CT molecular complexity index is 480. The van der Waals surface area contributed by atoms with Crippen LogP contribution in [0.15, 0.2) is 30.3 Å². The van der Waals surface area contributed by atoms with Gasteiger partial charge in [-0.05, 0) is 55.5 Å². The van der Waals surface area contributed by atoms with Gasteiger partial charge in [-0.25, -0.2) is 0 Å². The second-order valence-corrected chi connectivity index (χ2v) is 5.48. The molecule has 21 heavy (non-hydrogen) atoms. The highest BCUT2D eigenvalue weighted by Crippen LogP contribution is 2.19. The van der Waals surface area contributed by atoms with Crippen molar-refractivity contribution in [3.05, 3.63) is 35.9 Å². The van der Waals surface area contributed by atoms with Crippen LogP contribution in [-0.4, -0.2) is 37.6 Å². The molecule has 2 N–H and O–H groups in total. The Kier molecular flexibility index (Phi) is 5.81. The predicted molar refractivity (Wildman–Crippen MR) is 85.0 cm³/mol. The standard InChI is InChI=1S/C17H24N2O2/c1-21-16-7-4-14(5-8-16)6-9-17(20)19-12-2-3-15(13-19)10-11-18/h4-9,15H,2-3,10-13,18H2,1H3. The average Bonchev–Trinajstić information content (AvgIpc) is 2.53. The highest BCUT2D eigenvalue weighted by Gasteiger charge is 2.21. The van der Waals surface area contributed by atoms with Crippen LogP contribution in [0.1, 0.15) is 24.8 Å². The van der Waals surface area contributed by atoms with Crippen LogP contribution in [0.4, 0.5) is 0 Å². The summed E-state index contributed by atoms with van der Waals surface area (Å²) in [5, 5.41) is 0. The Morgan fingerprint density at radius 3 is 2.86 bits per heavy atom. The van der Waals surface area contributed by atoms with Crippen LogP contribution in [0.2, 0.25) is 0 Å². The van der Waals surface area contributed by atoms with Crippen LogP contribution in [0.25, 0.3) is 6.08 Å². The zero-order chi connectivity index (χ0) is 15.1.